The molecular formula is C18H13ClN4O2. The number of aryl methyl sites for hydroxylation is 1. The molecule has 0 aliphatic carbocycles. The highest BCUT2D eigenvalue weighted by molar-refractivity contribution is 6.31. The van der Waals surface area contributed by atoms with E-state index in [-0.39, 0.29) is 5.69 Å². The highest BCUT2D eigenvalue weighted by Gasteiger charge is 2.09. The van der Waals surface area contributed by atoms with Crippen molar-refractivity contribution in [2.24, 2.45) is 0 Å². The summed E-state index contributed by atoms with van der Waals surface area (Å²) in [5.74, 6) is 1.02. The standard InChI is InChI=1S/C18H13ClN4O2/c1-11-2-4-13(8-14(11)19)25-17-5-3-12(9-21-17)23-16-6-7-20-10-15(16)22-18(23)24/h2-10H,1H3,(H,22,24). The molecule has 25 heavy (non-hydrogen) atoms. The Morgan fingerprint density at radius 2 is 2.04 bits per heavy atom. The van der Waals surface area contributed by atoms with Gasteiger partial charge in [0.2, 0.25) is 5.88 Å². The van der Waals surface area contributed by atoms with E-state index in [0.29, 0.717) is 27.9 Å². The van der Waals surface area contributed by atoms with Crippen LogP contribution in [-0.4, -0.2) is 19.5 Å². The first-order chi connectivity index (χ1) is 12.1. The van der Waals surface area contributed by atoms with Crippen molar-refractivity contribution < 1.29 is 4.74 Å². The van der Waals surface area contributed by atoms with Crippen molar-refractivity contribution in [1.82, 2.24) is 19.5 Å². The van der Waals surface area contributed by atoms with E-state index in [1.807, 2.05) is 19.1 Å². The maximum Gasteiger partial charge on any atom is 0.331 e. The third-order valence-corrected chi connectivity index (χ3v) is 4.24. The second kappa shape index (κ2) is 6.07. The minimum atomic E-state index is -0.246. The van der Waals surface area contributed by atoms with Crippen molar-refractivity contribution in [1.29, 1.82) is 0 Å². The monoisotopic (exact) mass is 352 g/mol. The summed E-state index contributed by atoms with van der Waals surface area (Å²) >= 11 is 6.10. The van der Waals surface area contributed by atoms with Crippen LogP contribution in [0, 0.1) is 6.92 Å². The lowest BCUT2D eigenvalue weighted by Crippen LogP contribution is -2.14. The molecule has 0 bridgehead atoms. The maximum atomic E-state index is 12.2. The van der Waals surface area contributed by atoms with E-state index in [0.717, 1.165) is 11.1 Å². The molecule has 0 amide bonds. The smallest absolute Gasteiger partial charge is 0.331 e. The summed E-state index contributed by atoms with van der Waals surface area (Å²) in [5, 5.41) is 0.632. The van der Waals surface area contributed by atoms with Gasteiger partial charge in [0.15, 0.2) is 0 Å². The average molecular weight is 353 g/mol. The number of fused-ring (bicyclic) bond motifs is 1. The fourth-order valence-electron chi connectivity index (χ4n) is 2.54. The molecule has 3 heterocycles. The zero-order valence-corrected chi connectivity index (χ0v) is 14.0. The van der Waals surface area contributed by atoms with Crippen LogP contribution in [0.15, 0.2) is 59.8 Å². The van der Waals surface area contributed by atoms with Crippen molar-refractivity contribution >= 4 is 22.6 Å². The molecule has 0 atom stereocenters. The van der Waals surface area contributed by atoms with E-state index >= 15 is 0 Å². The number of nitrogens with one attached hydrogen (secondary N) is 1. The van der Waals surface area contributed by atoms with Crippen molar-refractivity contribution in [3.63, 3.8) is 0 Å². The van der Waals surface area contributed by atoms with E-state index in [4.69, 9.17) is 16.3 Å². The molecule has 0 aliphatic rings. The van der Waals surface area contributed by atoms with Gasteiger partial charge in [-0.15, -0.1) is 0 Å². The number of hydrogen-bond acceptors (Lipinski definition) is 4. The van der Waals surface area contributed by atoms with Crippen molar-refractivity contribution in [2.75, 3.05) is 0 Å². The average Bonchev–Trinajstić information content (AvgIpc) is 2.95. The van der Waals surface area contributed by atoms with Gasteiger partial charge in [0.05, 0.1) is 29.1 Å². The Labute approximate surface area is 147 Å². The van der Waals surface area contributed by atoms with E-state index in [1.165, 1.54) is 4.57 Å². The molecule has 124 valence electrons. The number of H-pyrrole nitrogens is 1. The van der Waals surface area contributed by atoms with E-state index in [2.05, 4.69) is 15.0 Å². The van der Waals surface area contributed by atoms with E-state index in [9.17, 15) is 4.79 Å². The number of imidazole rings is 1. The molecule has 0 radical (unpaired) electrons. The SMILES string of the molecule is Cc1ccc(Oc2ccc(-n3c(=O)[nH]c4cnccc43)cn2)cc1Cl. The van der Waals surface area contributed by atoms with Gasteiger partial charge < -0.3 is 9.72 Å². The Morgan fingerprint density at radius 1 is 1.16 bits per heavy atom. The zero-order valence-electron chi connectivity index (χ0n) is 13.2. The number of ether oxygens (including phenoxy) is 1. The number of rotatable bonds is 3. The summed E-state index contributed by atoms with van der Waals surface area (Å²) in [5.41, 5.74) is 2.77. The number of nitrogens with zero attached hydrogens (tertiary/aromatic N) is 3. The largest absolute Gasteiger partial charge is 0.439 e. The molecule has 1 aromatic carbocycles. The molecule has 3 aromatic heterocycles. The van der Waals surface area contributed by atoms with E-state index in [1.54, 1.807) is 42.9 Å². The molecule has 4 aromatic rings. The predicted molar refractivity (Wildman–Crippen MR) is 95.7 cm³/mol. The molecule has 0 fully saturated rings. The van der Waals surface area contributed by atoms with Gasteiger partial charge in [-0.3, -0.25) is 9.55 Å². The van der Waals surface area contributed by atoms with E-state index < -0.39 is 0 Å². The lowest BCUT2D eigenvalue weighted by atomic mass is 10.2. The van der Waals surface area contributed by atoms with Crippen LogP contribution in [0.2, 0.25) is 5.02 Å². The summed E-state index contributed by atoms with van der Waals surface area (Å²) in [4.78, 5) is 23.2. The molecule has 4 rings (SSSR count). The highest BCUT2D eigenvalue weighted by Crippen LogP contribution is 2.26. The normalized spacial score (nSPS) is 11.0. The zero-order chi connectivity index (χ0) is 17.4. The van der Waals surface area contributed by atoms with Crippen LogP contribution in [-0.2, 0) is 0 Å². The molecular weight excluding hydrogens is 340 g/mol. The minimum absolute atomic E-state index is 0.246. The first kappa shape index (κ1) is 15.4. The van der Waals surface area contributed by atoms with Crippen molar-refractivity contribution in [3.8, 4) is 17.3 Å². The summed E-state index contributed by atoms with van der Waals surface area (Å²) in [6, 6.07) is 10.7. The molecule has 0 unspecified atom stereocenters. The number of hydrogen-bond donors (Lipinski definition) is 1. The Hall–Kier alpha value is -3.12. The summed E-state index contributed by atoms with van der Waals surface area (Å²) in [6.45, 7) is 1.92. The maximum absolute atomic E-state index is 12.2. The van der Waals surface area contributed by atoms with Crippen LogP contribution >= 0.6 is 11.6 Å². The van der Waals surface area contributed by atoms with Gasteiger partial charge >= 0.3 is 5.69 Å². The molecule has 7 heteroatoms. The van der Waals surface area contributed by atoms with Crippen LogP contribution < -0.4 is 10.4 Å². The third kappa shape index (κ3) is 2.88. The quantitative estimate of drug-likeness (QED) is 0.607. The van der Waals surface area contributed by atoms with Gasteiger partial charge in [0, 0.05) is 17.3 Å². The second-order valence-electron chi connectivity index (χ2n) is 5.53. The van der Waals surface area contributed by atoms with Crippen LogP contribution in [0.3, 0.4) is 0 Å². The van der Waals surface area contributed by atoms with Gasteiger partial charge in [0.25, 0.3) is 0 Å². The van der Waals surface area contributed by atoms with Crippen molar-refractivity contribution in [2.45, 2.75) is 6.92 Å². The highest BCUT2D eigenvalue weighted by atomic mass is 35.5. The van der Waals surface area contributed by atoms with Crippen LogP contribution in [0.1, 0.15) is 5.56 Å². The minimum Gasteiger partial charge on any atom is -0.439 e. The molecule has 0 saturated carbocycles. The number of aromatic nitrogens is 4. The number of aromatic amines is 1. The van der Waals surface area contributed by atoms with Crippen LogP contribution in [0.4, 0.5) is 0 Å². The Bertz CT molecular complexity index is 1120. The van der Waals surface area contributed by atoms with Gasteiger partial charge in [-0.25, -0.2) is 9.78 Å². The van der Waals surface area contributed by atoms with Gasteiger partial charge in [-0.1, -0.05) is 17.7 Å². The van der Waals surface area contributed by atoms with Gasteiger partial charge in [0.1, 0.15) is 5.75 Å². The second-order valence-corrected chi connectivity index (χ2v) is 5.93. The van der Waals surface area contributed by atoms with Crippen LogP contribution in [0.5, 0.6) is 11.6 Å². The first-order valence-electron chi connectivity index (χ1n) is 7.57. The van der Waals surface area contributed by atoms with Gasteiger partial charge in [-0.05, 0) is 36.8 Å². The Kier molecular flexibility index (Phi) is 3.74. The lowest BCUT2D eigenvalue weighted by Gasteiger charge is -2.07. The molecule has 1 N–H and O–H groups in total. The predicted octanol–water partition coefficient (Wildman–Crippen LogP) is 3.86. The number of halogens is 1. The topological polar surface area (TPSA) is 72.8 Å². The Balaban J connectivity index is 1.66. The first-order valence-corrected chi connectivity index (χ1v) is 7.95. The fourth-order valence-corrected chi connectivity index (χ4v) is 2.71. The third-order valence-electron chi connectivity index (χ3n) is 3.83. The summed E-state index contributed by atoms with van der Waals surface area (Å²) in [7, 11) is 0. The Morgan fingerprint density at radius 3 is 2.80 bits per heavy atom. The number of benzene rings is 1. The lowest BCUT2D eigenvalue weighted by molar-refractivity contribution is 0.462. The van der Waals surface area contributed by atoms with Crippen molar-refractivity contribution in [3.05, 3.63) is 76.1 Å². The van der Waals surface area contributed by atoms with Crippen LogP contribution in [0.25, 0.3) is 16.7 Å². The molecule has 0 spiro atoms. The summed E-state index contributed by atoms with van der Waals surface area (Å²) in [6.07, 6.45) is 4.83. The molecule has 0 aliphatic heterocycles. The molecule has 0 saturated heterocycles. The summed E-state index contributed by atoms with van der Waals surface area (Å²) < 4.78 is 7.24. The van der Waals surface area contributed by atoms with Gasteiger partial charge in [-0.2, -0.15) is 0 Å². The molecule has 6 nitrogen and oxygen atoms in total. The number of pyridine rings is 2. The fraction of sp³-hybridized carbons (Fsp3) is 0.0556.